The van der Waals surface area contributed by atoms with Crippen molar-refractivity contribution in [3.8, 4) is 17.3 Å². The van der Waals surface area contributed by atoms with Gasteiger partial charge in [-0.2, -0.15) is 9.61 Å². The van der Waals surface area contributed by atoms with Crippen LogP contribution < -0.4 is 4.74 Å². The number of nitrogens with zero attached hydrogens (tertiary/aromatic N) is 7. The Morgan fingerprint density at radius 2 is 1.93 bits per heavy atom. The van der Waals surface area contributed by atoms with Gasteiger partial charge in [-0.15, -0.1) is 15.3 Å². The third kappa shape index (κ3) is 3.55. The molecule has 0 unspecified atom stereocenters. The first kappa shape index (κ1) is 19.0. The van der Waals surface area contributed by atoms with Gasteiger partial charge in [-0.1, -0.05) is 26.8 Å². The lowest BCUT2D eigenvalue weighted by Gasteiger charge is -2.21. The highest BCUT2D eigenvalue weighted by Crippen LogP contribution is 2.32. The number of halogens is 1. The van der Waals surface area contributed by atoms with E-state index >= 15 is 0 Å². The summed E-state index contributed by atoms with van der Waals surface area (Å²) < 4.78 is 23.1. The zero-order valence-corrected chi connectivity index (χ0v) is 17.0. The van der Waals surface area contributed by atoms with Gasteiger partial charge in [0.2, 0.25) is 5.88 Å². The second-order valence-electron chi connectivity index (χ2n) is 7.95. The van der Waals surface area contributed by atoms with Gasteiger partial charge < -0.3 is 4.74 Å². The molecule has 0 atom stereocenters. The molecule has 4 aromatic rings. The number of rotatable bonds is 4. The summed E-state index contributed by atoms with van der Waals surface area (Å²) in [5.41, 5.74) is 2.74. The summed E-state index contributed by atoms with van der Waals surface area (Å²) in [5.74, 6) is 1.24. The maximum Gasteiger partial charge on any atom is 0.236 e. The topological polar surface area (TPSA) is 83.0 Å². The first-order valence-corrected chi connectivity index (χ1v) is 9.23. The summed E-state index contributed by atoms with van der Waals surface area (Å²) in [7, 11) is 1.80. The number of aryl methyl sites for hydroxylation is 2. The quantitative estimate of drug-likeness (QED) is 0.528. The van der Waals surface area contributed by atoms with Crippen molar-refractivity contribution in [2.45, 2.75) is 39.7 Å². The molecule has 0 saturated carbocycles. The standard InChI is InChI=1S/C20H22FN7O/c1-12-6-7-13(21)8-14(12)18-25-24-16-9-15(20(2,3)4)19(26-28(16)18)29-10-17-22-11-23-27(17)5/h6-9,11H,10H2,1-5H3. The average Bonchev–Trinajstić information content (AvgIpc) is 3.26. The number of benzene rings is 1. The number of fused-ring (bicyclic) bond motifs is 1. The van der Waals surface area contributed by atoms with Gasteiger partial charge in [0.15, 0.2) is 17.3 Å². The zero-order valence-electron chi connectivity index (χ0n) is 17.0. The van der Waals surface area contributed by atoms with Crippen LogP contribution in [0.3, 0.4) is 0 Å². The van der Waals surface area contributed by atoms with Crippen LogP contribution in [0.2, 0.25) is 0 Å². The van der Waals surface area contributed by atoms with Gasteiger partial charge >= 0.3 is 0 Å². The summed E-state index contributed by atoms with van der Waals surface area (Å²) in [6.45, 7) is 8.33. The second-order valence-corrected chi connectivity index (χ2v) is 7.95. The molecule has 0 aliphatic heterocycles. The summed E-state index contributed by atoms with van der Waals surface area (Å²) >= 11 is 0. The van der Waals surface area contributed by atoms with Gasteiger partial charge in [-0.3, -0.25) is 4.68 Å². The number of hydrogen-bond acceptors (Lipinski definition) is 6. The first-order valence-electron chi connectivity index (χ1n) is 9.23. The van der Waals surface area contributed by atoms with Crippen molar-refractivity contribution in [3.05, 3.63) is 53.4 Å². The molecular formula is C20H22FN7O. The van der Waals surface area contributed by atoms with Crippen LogP contribution in [-0.4, -0.2) is 34.6 Å². The van der Waals surface area contributed by atoms with E-state index in [-0.39, 0.29) is 17.8 Å². The van der Waals surface area contributed by atoms with Crippen LogP contribution in [0, 0.1) is 12.7 Å². The van der Waals surface area contributed by atoms with Crippen molar-refractivity contribution < 1.29 is 9.13 Å². The molecule has 0 spiro atoms. The van der Waals surface area contributed by atoms with Crippen molar-refractivity contribution in [1.29, 1.82) is 0 Å². The molecule has 0 aliphatic rings. The van der Waals surface area contributed by atoms with E-state index in [1.54, 1.807) is 22.3 Å². The Balaban J connectivity index is 1.84. The number of ether oxygens (including phenoxy) is 1. The Kier molecular flexibility index (Phi) is 4.52. The number of hydrogen-bond donors (Lipinski definition) is 0. The van der Waals surface area contributed by atoms with E-state index in [4.69, 9.17) is 4.74 Å². The fourth-order valence-electron chi connectivity index (χ4n) is 3.05. The molecule has 0 N–H and O–H groups in total. The van der Waals surface area contributed by atoms with Crippen molar-refractivity contribution in [2.24, 2.45) is 7.05 Å². The van der Waals surface area contributed by atoms with Crippen LogP contribution in [0.15, 0.2) is 30.6 Å². The molecule has 0 saturated heterocycles. The van der Waals surface area contributed by atoms with Crippen molar-refractivity contribution in [2.75, 3.05) is 0 Å². The van der Waals surface area contributed by atoms with Gasteiger partial charge in [0.05, 0.1) is 0 Å². The largest absolute Gasteiger partial charge is 0.468 e. The highest BCUT2D eigenvalue weighted by atomic mass is 19.1. The van der Waals surface area contributed by atoms with Crippen LogP contribution >= 0.6 is 0 Å². The normalized spacial score (nSPS) is 11.9. The van der Waals surface area contributed by atoms with Gasteiger partial charge in [0, 0.05) is 18.2 Å². The third-order valence-electron chi connectivity index (χ3n) is 4.75. The van der Waals surface area contributed by atoms with Crippen LogP contribution in [-0.2, 0) is 19.1 Å². The molecule has 1 aromatic carbocycles. The minimum Gasteiger partial charge on any atom is -0.468 e. The van der Waals surface area contributed by atoms with Crippen LogP contribution in [0.25, 0.3) is 17.0 Å². The van der Waals surface area contributed by atoms with E-state index in [9.17, 15) is 4.39 Å². The lowest BCUT2D eigenvalue weighted by atomic mass is 9.88. The van der Waals surface area contributed by atoms with Gasteiger partial charge in [0.25, 0.3) is 0 Å². The molecule has 29 heavy (non-hydrogen) atoms. The van der Waals surface area contributed by atoms with Gasteiger partial charge in [-0.25, -0.2) is 9.37 Å². The minimum atomic E-state index is -0.340. The molecule has 0 aliphatic carbocycles. The van der Waals surface area contributed by atoms with Gasteiger partial charge in [-0.05, 0) is 36.1 Å². The molecule has 150 valence electrons. The Morgan fingerprint density at radius 1 is 1.14 bits per heavy atom. The Morgan fingerprint density at radius 3 is 2.62 bits per heavy atom. The molecule has 0 amide bonds. The molecule has 3 aromatic heterocycles. The van der Waals surface area contributed by atoms with E-state index in [1.807, 2.05) is 13.0 Å². The molecule has 0 bridgehead atoms. The van der Waals surface area contributed by atoms with Crippen molar-refractivity contribution in [3.63, 3.8) is 0 Å². The average molecular weight is 395 g/mol. The smallest absolute Gasteiger partial charge is 0.236 e. The molecule has 4 rings (SSSR count). The fraction of sp³-hybridized carbons (Fsp3) is 0.350. The lowest BCUT2D eigenvalue weighted by molar-refractivity contribution is 0.266. The van der Waals surface area contributed by atoms with E-state index < -0.39 is 0 Å². The van der Waals surface area contributed by atoms with E-state index in [1.165, 1.54) is 18.5 Å². The number of aromatic nitrogens is 7. The summed E-state index contributed by atoms with van der Waals surface area (Å²) in [5, 5.41) is 17.2. The van der Waals surface area contributed by atoms with Crippen molar-refractivity contribution in [1.82, 2.24) is 34.6 Å². The Hall–Kier alpha value is -3.36. The Labute approximate surface area is 167 Å². The highest BCUT2D eigenvalue weighted by molar-refractivity contribution is 5.63. The first-order chi connectivity index (χ1) is 13.7. The monoisotopic (exact) mass is 395 g/mol. The predicted molar refractivity (Wildman–Crippen MR) is 105 cm³/mol. The van der Waals surface area contributed by atoms with Crippen LogP contribution in [0.5, 0.6) is 5.88 Å². The minimum absolute atomic E-state index is 0.217. The summed E-state index contributed by atoms with van der Waals surface area (Å²) in [6.07, 6.45) is 1.48. The third-order valence-corrected chi connectivity index (χ3v) is 4.75. The van der Waals surface area contributed by atoms with E-state index in [0.717, 1.165) is 11.1 Å². The molecular weight excluding hydrogens is 373 g/mol. The summed E-state index contributed by atoms with van der Waals surface area (Å²) in [6, 6.07) is 6.47. The predicted octanol–water partition coefficient (Wildman–Crippen LogP) is 3.24. The molecule has 9 heteroatoms. The van der Waals surface area contributed by atoms with Crippen LogP contribution in [0.1, 0.15) is 37.7 Å². The zero-order chi connectivity index (χ0) is 20.8. The molecule has 3 heterocycles. The summed E-state index contributed by atoms with van der Waals surface area (Å²) in [4.78, 5) is 4.19. The van der Waals surface area contributed by atoms with Gasteiger partial charge in [0.1, 0.15) is 18.8 Å². The maximum atomic E-state index is 13.8. The highest BCUT2D eigenvalue weighted by Gasteiger charge is 2.24. The molecule has 8 nitrogen and oxygen atoms in total. The SMILES string of the molecule is Cc1ccc(F)cc1-c1nnc2cc(C(C)(C)C)c(OCc3ncnn3C)nn12. The van der Waals surface area contributed by atoms with Crippen molar-refractivity contribution >= 4 is 5.65 Å². The van der Waals surface area contributed by atoms with E-state index in [0.29, 0.717) is 28.7 Å². The molecule has 0 radical (unpaired) electrons. The Bertz CT molecular complexity index is 1190. The lowest BCUT2D eigenvalue weighted by Crippen LogP contribution is -2.17. The maximum absolute atomic E-state index is 13.8. The second kappa shape index (κ2) is 6.91. The molecule has 0 fully saturated rings. The van der Waals surface area contributed by atoms with E-state index in [2.05, 4.69) is 46.1 Å². The fourth-order valence-corrected chi connectivity index (χ4v) is 3.05. The van der Waals surface area contributed by atoms with Crippen LogP contribution in [0.4, 0.5) is 4.39 Å².